The number of nitrogens with zero attached hydrogens (tertiary/aromatic N) is 4. The first-order valence-electron chi connectivity index (χ1n) is 9.91. The summed E-state index contributed by atoms with van der Waals surface area (Å²) in [6.45, 7) is 3.91. The van der Waals surface area contributed by atoms with E-state index in [0.29, 0.717) is 5.69 Å². The highest BCUT2D eigenvalue weighted by Crippen LogP contribution is 2.26. The van der Waals surface area contributed by atoms with Gasteiger partial charge in [-0.2, -0.15) is 10.4 Å². The number of aromatic nitrogens is 2. The summed E-state index contributed by atoms with van der Waals surface area (Å²) >= 11 is 0. The molecule has 1 aromatic heterocycles. The number of carbonyl (C=O) groups is 2. The van der Waals surface area contributed by atoms with Gasteiger partial charge in [-0.3, -0.25) is 4.79 Å². The van der Waals surface area contributed by atoms with Gasteiger partial charge in [0.2, 0.25) is 0 Å². The van der Waals surface area contributed by atoms with E-state index in [0.717, 1.165) is 22.4 Å². The van der Waals surface area contributed by atoms with Crippen molar-refractivity contribution in [1.29, 1.82) is 5.26 Å². The molecule has 1 heterocycles. The van der Waals surface area contributed by atoms with E-state index >= 15 is 0 Å². The monoisotopic (exact) mass is 416 g/mol. The summed E-state index contributed by atoms with van der Waals surface area (Å²) in [5.41, 5.74) is 4.59. The van der Waals surface area contributed by atoms with E-state index in [-0.39, 0.29) is 24.4 Å². The molecule has 0 bridgehead atoms. The standard InChI is InChI=1S/C24H24N4O3/c1-17-10-11-19(14-18(17)2)23-21(15-28(26-23)20-8-5-4-6-9-20)24(30)31-16-22(29)27(3)13-7-12-25/h4-6,8-11,14-15H,7,13,16H2,1-3H3. The number of para-hydroxylation sites is 1. The van der Waals surface area contributed by atoms with Crippen LogP contribution in [0.1, 0.15) is 27.9 Å². The van der Waals surface area contributed by atoms with Crippen molar-refractivity contribution in [2.75, 3.05) is 20.2 Å². The molecule has 0 fully saturated rings. The predicted molar refractivity (Wildman–Crippen MR) is 117 cm³/mol. The highest BCUT2D eigenvalue weighted by atomic mass is 16.5. The van der Waals surface area contributed by atoms with Gasteiger partial charge in [0.1, 0.15) is 11.3 Å². The smallest absolute Gasteiger partial charge is 0.342 e. The molecule has 0 N–H and O–H groups in total. The molecule has 0 spiro atoms. The molecular formula is C24H24N4O3. The van der Waals surface area contributed by atoms with Gasteiger partial charge in [-0.25, -0.2) is 9.48 Å². The van der Waals surface area contributed by atoms with Gasteiger partial charge in [-0.05, 0) is 43.2 Å². The number of rotatable bonds is 7. The quantitative estimate of drug-likeness (QED) is 0.548. The van der Waals surface area contributed by atoms with Crippen LogP contribution in [-0.4, -0.2) is 46.8 Å². The summed E-state index contributed by atoms with van der Waals surface area (Å²) in [4.78, 5) is 26.4. The highest BCUT2D eigenvalue weighted by molar-refractivity contribution is 5.97. The number of carbonyl (C=O) groups excluding carboxylic acids is 2. The van der Waals surface area contributed by atoms with Crippen LogP contribution in [0, 0.1) is 25.2 Å². The van der Waals surface area contributed by atoms with Crippen molar-refractivity contribution in [2.24, 2.45) is 0 Å². The Morgan fingerprint density at radius 3 is 2.55 bits per heavy atom. The lowest BCUT2D eigenvalue weighted by molar-refractivity contribution is -0.133. The number of likely N-dealkylation sites (N-methyl/N-ethyl adjacent to an activating group) is 1. The van der Waals surface area contributed by atoms with Crippen LogP contribution in [-0.2, 0) is 9.53 Å². The Hall–Kier alpha value is -3.92. The fourth-order valence-electron chi connectivity index (χ4n) is 3.00. The number of hydrogen-bond donors (Lipinski definition) is 0. The molecule has 0 saturated carbocycles. The Morgan fingerprint density at radius 1 is 1.13 bits per heavy atom. The van der Waals surface area contributed by atoms with Crippen LogP contribution in [0.4, 0.5) is 0 Å². The van der Waals surface area contributed by atoms with Crippen LogP contribution in [0.2, 0.25) is 0 Å². The van der Waals surface area contributed by atoms with E-state index in [4.69, 9.17) is 10.00 Å². The maximum Gasteiger partial charge on any atom is 0.342 e. The van der Waals surface area contributed by atoms with Gasteiger partial charge in [0.15, 0.2) is 6.61 Å². The molecule has 1 amide bonds. The number of nitriles is 1. The molecular weight excluding hydrogens is 392 g/mol. The molecule has 0 aliphatic rings. The largest absolute Gasteiger partial charge is 0.452 e. The number of ether oxygens (including phenoxy) is 1. The molecule has 0 aliphatic heterocycles. The first kappa shape index (κ1) is 21.8. The summed E-state index contributed by atoms with van der Waals surface area (Å²) in [6.07, 6.45) is 1.84. The number of hydrogen-bond acceptors (Lipinski definition) is 5. The third-order valence-electron chi connectivity index (χ3n) is 5.05. The minimum absolute atomic E-state index is 0.219. The SMILES string of the molecule is Cc1ccc(-c2nn(-c3ccccc3)cc2C(=O)OCC(=O)N(C)CCC#N)cc1C. The molecule has 3 aromatic rings. The fraction of sp³-hybridized carbons (Fsp3) is 0.250. The molecule has 0 atom stereocenters. The summed E-state index contributed by atoms with van der Waals surface area (Å²) in [6, 6.07) is 17.3. The number of esters is 1. The molecule has 158 valence electrons. The molecule has 0 saturated heterocycles. The maximum absolute atomic E-state index is 12.9. The molecule has 2 aromatic carbocycles. The summed E-state index contributed by atoms with van der Waals surface area (Å²) < 4.78 is 6.92. The zero-order valence-electron chi connectivity index (χ0n) is 17.8. The Balaban J connectivity index is 1.89. The van der Waals surface area contributed by atoms with Gasteiger partial charge in [-0.1, -0.05) is 30.3 Å². The van der Waals surface area contributed by atoms with E-state index in [9.17, 15) is 9.59 Å². The number of benzene rings is 2. The van der Waals surface area contributed by atoms with Crippen molar-refractivity contribution in [3.63, 3.8) is 0 Å². The average molecular weight is 416 g/mol. The van der Waals surface area contributed by atoms with Gasteiger partial charge in [0.05, 0.1) is 18.2 Å². The lowest BCUT2D eigenvalue weighted by Crippen LogP contribution is -2.31. The topological polar surface area (TPSA) is 88.2 Å². The third-order valence-corrected chi connectivity index (χ3v) is 5.05. The zero-order valence-corrected chi connectivity index (χ0v) is 17.8. The number of amides is 1. The second kappa shape index (κ2) is 9.72. The predicted octanol–water partition coefficient (Wildman–Crippen LogP) is 3.69. The molecule has 7 nitrogen and oxygen atoms in total. The van der Waals surface area contributed by atoms with Crippen LogP contribution < -0.4 is 0 Å². The van der Waals surface area contributed by atoms with Gasteiger partial charge >= 0.3 is 5.97 Å². The van der Waals surface area contributed by atoms with E-state index in [2.05, 4.69) is 5.10 Å². The van der Waals surface area contributed by atoms with Crippen molar-refractivity contribution in [1.82, 2.24) is 14.7 Å². The zero-order chi connectivity index (χ0) is 22.4. The minimum Gasteiger partial charge on any atom is -0.452 e. The Morgan fingerprint density at radius 2 is 1.87 bits per heavy atom. The second-order valence-corrected chi connectivity index (χ2v) is 7.27. The van der Waals surface area contributed by atoms with Gasteiger partial charge in [0.25, 0.3) is 5.91 Å². The first-order chi connectivity index (χ1) is 14.9. The van der Waals surface area contributed by atoms with Gasteiger partial charge in [0, 0.05) is 25.4 Å². The summed E-state index contributed by atoms with van der Waals surface area (Å²) in [5, 5.41) is 13.3. The molecule has 0 aliphatic carbocycles. The van der Waals surface area contributed by atoms with Crippen molar-refractivity contribution in [3.8, 4) is 23.0 Å². The van der Waals surface area contributed by atoms with Crippen LogP contribution in [0.25, 0.3) is 16.9 Å². The van der Waals surface area contributed by atoms with E-state index in [1.165, 1.54) is 4.90 Å². The van der Waals surface area contributed by atoms with Gasteiger partial charge < -0.3 is 9.64 Å². The van der Waals surface area contributed by atoms with E-state index < -0.39 is 12.6 Å². The lowest BCUT2D eigenvalue weighted by atomic mass is 10.0. The maximum atomic E-state index is 12.9. The van der Waals surface area contributed by atoms with Crippen LogP contribution in [0.5, 0.6) is 0 Å². The molecule has 31 heavy (non-hydrogen) atoms. The normalized spacial score (nSPS) is 10.4. The van der Waals surface area contributed by atoms with Crippen molar-refractivity contribution < 1.29 is 14.3 Å². The molecule has 7 heteroatoms. The molecule has 0 unspecified atom stereocenters. The summed E-state index contributed by atoms with van der Waals surface area (Å²) in [5.74, 6) is -0.996. The Labute approximate surface area is 181 Å². The first-order valence-corrected chi connectivity index (χ1v) is 9.91. The average Bonchev–Trinajstić information content (AvgIpc) is 3.23. The highest BCUT2D eigenvalue weighted by Gasteiger charge is 2.22. The van der Waals surface area contributed by atoms with Crippen molar-refractivity contribution in [2.45, 2.75) is 20.3 Å². The second-order valence-electron chi connectivity index (χ2n) is 7.27. The third kappa shape index (κ3) is 5.17. The van der Waals surface area contributed by atoms with Crippen molar-refractivity contribution in [3.05, 3.63) is 71.4 Å². The number of aryl methyl sites for hydroxylation is 2. The summed E-state index contributed by atoms with van der Waals surface area (Å²) in [7, 11) is 1.57. The van der Waals surface area contributed by atoms with Crippen LogP contribution >= 0.6 is 0 Å². The fourth-order valence-corrected chi connectivity index (χ4v) is 3.00. The van der Waals surface area contributed by atoms with Crippen LogP contribution in [0.15, 0.2) is 54.7 Å². The van der Waals surface area contributed by atoms with E-state index in [1.807, 2.05) is 68.4 Å². The Bertz CT molecular complexity index is 1130. The lowest BCUT2D eigenvalue weighted by Gasteiger charge is -2.15. The van der Waals surface area contributed by atoms with Gasteiger partial charge in [-0.15, -0.1) is 0 Å². The minimum atomic E-state index is -0.627. The van der Waals surface area contributed by atoms with Crippen LogP contribution in [0.3, 0.4) is 0 Å². The molecule has 3 rings (SSSR count). The molecule has 0 radical (unpaired) electrons. The van der Waals surface area contributed by atoms with E-state index in [1.54, 1.807) is 17.9 Å². The van der Waals surface area contributed by atoms with Crippen molar-refractivity contribution >= 4 is 11.9 Å². The Kier molecular flexibility index (Phi) is 6.83.